The largest absolute Gasteiger partial charge is 0.311 e. The first-order chi connectivity index (χ1) is 13.0. The maximum absolute atomic E-state index is 12.2. The zero-order chi connectivity index (χ0) is 19.0. The molecule has 2 aromatic carbocycles. The molecule has 5 nitrogen and oxygen atoms in total. The van der Waals surface area contributed by atoms with Gasteiger partial charge in [-0.15, -0.1) is 0 Å². The Bertz CT molecular complexity index is 1180. The quantitative estimate of drug-likeness (QED) is 0.539. The maximum Gasteiger partial charge on any atom is 0.278 e. The Morgan fingerprint density at radius 1 is 1.04 bits per heavy atom. The van der Waals surface area contributed by atoms with Gasteiger partial charge in [0.1, 0.15) is 0 Å². The van der Waals surface area contributed by atoms with Crippen LogP contribution in [-0.4, -0.2) is 19.5 Å². The smallest absolute Gasteiger partial charge is 0.278 e. The lowest BCUT2D eigenvalue weighted by Gasteiger charge is -2.10. The van der Waals surface area contributed by atoms with Crippen LogP contribution in [0.1, 0.15) is 22.3 Å². The molecule has 4 rings (SSSR count). The summed E-state index contributed by atoms with van der Waals surface area (Å²) in [5.41, 5.74) is 6.60. The molecular weight excluding hydrogens is 356 g/mol. The van der Waals surface area contributed by atoms with Crippen LogP contribution < -0.4 is 5.56 Å². The summed E-state index contributed by atoms with van der Waals surface area (Å²) in [6.07, 6.45) is 1.43. The summed E-state index contributed by atoms with van der Waals surface area (Å²) in [4.78, 5) is 23.8. The number of rotatable bonds is 4. The number of hydrogen-bond acceptors (Lipinski definition) is 4. The zero-order valence-electron chi connectivity index (χ0n) is 15.5. The van der Waals surface area contributed by atoms with Gasteiger partial charge in [0.25, 0.3) is 5.56 Å². The molecule has 2 aromatic heterocycles. The number of hydrogen-bond donors (Lipinski definition) is 1. The normalized spacial score (nSPS) is 11.2. The second-order valence-corrected chi connectivity index (χ2v) is 7.63. The Balaban J connectivity index is 1.81. The monoisotopic (exact) mass is 376 g/mol. The molecule has 0 bridgehead atoms. The lowest BCUT2D eigenvalue weighted by molar-refractivity contribution is 0.907. The fraction of sp³-hybridized carbons (Fsp3) is 0.190. The summed E-state index contributed by atoms with van der Waals surface area (Å²) < 4.78 is 1.96. The molecule has 0 unspecified atom stereocenters. The van der Waals surface area contributed by atoms with Gasteiger partial charge < -0.3 is 4.98 Å². The minimum Gasteiger partial charge on any atom is -0.311 e. The van der Waals surface area contributed by atoms with E-state index in [1.54, 1.807) is 11.8 Å². The van der Waals surface area contributed by atoms with Gasteiger partial charge in [-0.1, -0.05) is 53.2 Å². The second-order valence-electron chi connectivity index (χ2n) is 6.69. The molecule has 0 atom stereocenters. The van der Waals surface area contributed by atoms with E-state index in [0.29, 0.717) is 11.2 Å². The molecule has 1 N–H and O–H groups in total. The van der Waals surface area contributed by atoms with Crippen molar-refractivity contribution in [2.75, 3.05) is 0 Å². The Hall–Kier alpha value is -2.86. The summed E-state index contributed by atoms with van der Waals surface area (Å²) in [5.74, 6) is 0.778. The minimum atomic E-state index is -0.223. The number of fused-ring (bicyclic) bond motifs is 1. The molecule has 0 amide bonds. The molecule has 27 heavy (non-hydrogen) atoms. The number of H-pyrrole nitrogens is 1. The van der Waals surface area contributed by atoms with E-state index in [9.17, 15) is 4.79 Å². The van der Waals surface area contributed by atoms with Gasteiger partial charge in [0.05, 0.1) is 6.33 Å². The van der Waals surface area contributed by atoms with Gasteiger partial charge in [-0.25, -0.2) is 9.97 Å². The summed E-state index contributed by atoms with van der Waals surface area (Å²) in [6.45, 7) is 6.26. The summed E-state index contributed by atoms with van der Waals surface area (Å²) in [6, 6.07) is 14.6. The maximum atomic E-state index is 12.2. The molecule has 2 heterocycles. The Labute approximate surface area is 161 Å². The molecule has 0 aliphatic rings. The second kappa shape index (κ2) is 7.04. The summed E-state index contributed by atoms with van der Waals surface area (Å²) in [7, 11) is 0. The van der Waals surface area contributed by atoms with Crippen molar-refractivity contribution < 1.29 is 0 Å². The highest BCUT2D eigenvalue weighted by Gasteiger charge is 2.17. The molecule has 0 aliphatic heterocycles. The molecule has 6 heteroatoms. The van der Waals surface area contributed by atoms with Crippen LogP contribution in [-0.2, 0) is 5.75 Å². The first-order valence-corrected chi connectivity index (χ1v) is 9.73. The predicted molar refractivity (Wildman–Crippen MR) is 110 cm³/mol. The fourth-order valence-corrected chi connectivity index (χ4v) is 4.08. The SMILES string of the molecule is Cc1ccc(-n2c(SCc3cc(C)ccc3C)nc3c(=O)[nH]cnc32)cc1. The highest BCUT2D eigenvalue weighted by Crippen LogP contribution is 2.29. The van der Waals surface area contributed by atoms with Crippen molar-refractivity contribution in [1.29, 1.82) is 0 Å². The number of nitrogens with zero attached hydrogens (tertiary/aromatic N) is 3. The van der Waals surface area contributed by atoms with Crippen LogP contribution in [0.3, 0.4) is 0 Å². The number of aromatic nitrogens is 4. The van der Waals surface area contributed by atoms with E-state index in [1.807, 2.05) is 28.8 Å². The molecule has 0 aliphatic carbocycles. The molecule has 4 aromatic rings. The van der Waals surface area contributed by atoms with E-state index in [1.165, 1.54) is 28.6 Å². The number of benzene rings is 2. The molecule has 0 spiro atoms. The minimum absolute atomic E-state index is 0.223. The Morgan fingerprint density at radius 2 is 1.78 bits per heavy atom. The highest BCUT2D eigenvalue weighted by atomic mass is 32.2. The van der Waals surface area contributed by atoms with Crippen molar-refractivity contribution in [2.24, 2.45) is 0 Å². The number of nitrogens with one attached hydrogen (secondary N) is 1. The van der Waals surface area contributed by atoms with Gasteiger partial charge in [-0.05, 0) is 44.0 Å². The van der Waals surface area contributed by atoms with Gasteiger partial charge >= 0.3 is 0 Å². The van der Waals surface area contributed by atoms with Gasteiger partial charge in [0.2, 0.25) is 0 Å². The Kier molecular flexibility index (Phi) is 4.58. The standard InChI is InChI=1S/C21H20N4OS/c1-13-5-8-17(9-6-13)25-19-18(20(26)23-12-22-19)24-21(25)27-11-16-10-14(2)4-7-15(16)3/h4-10,12H,11H2,1-3H3,(H,22,23,26). The van der Waals surface area contributed by atoms with Crippen LogP contribution in [0.25, 0.3) is 16.9 Å². The first-order valence-electron chi connectivity index (χ1n) is 8.75. The predicted octanol–water partition coefficient (Wildman–Crippen LogP) is 4.33. The number of aryl methyl sites for hydroxylation is 3. The van der Waals surface area contributed by atoms with Gasteiger partial charge in [0, 0.05) is 11.4 Å². The van der Waals surface area contributed by atoms with Gasteiger partial charge in [-0.3, -0.25) is 9.36 Å². The van der Waals surface area contributed by atoms with Crippen LogP contribution >= 0.6 is 11.8 Å². The average molecular weight is 376 g/mol. The van der Waals surface area contributed by atoms with E-state index in [2.05, 4.69) is 53.9 Å². The van der Waals surface area contributed by atoms with Gasteiger partial charge in [0.15, 0.2) is 16.3 Å². The molecule has 0 radical (unpaired) electrons. The Morgan fingerprint density at radius 3 is 2.56 bits per heavy atom. The van der Waals surface area contributed by atoms with Crippen LogP contribution in [0.2, 0.25) is 0 Å². The van der Waals surface area contributed by atoms with E-state index in [-0.39, 0.29) is 5.56 Å². The molecular formula is C21H20N4OS. The zero-order valence-corrected chi connectivity index (χ0v) is 16.3. The van der Waals surface area contributed by atoms with Crippen molar-refractivity contribution in [3.05, 3.63) is 81.4 Å². The van der Waals surface area contributed by atoms with E-state index in [0.717, 1.165) is 16.6 Å². The third kappa shape index (κ3) is 3.40. The van der Waals surface area contributed by atoms with Crippen molar-refractivity contribution in [2.45, 2.75) is 31.7 Å². The van der Waals surface area contributed by atoms with Crippen molar-refractivity contribution in [3.63, 3.8) is 0 Å². The summed E-state index contributed by atoms with van der Waals surface area (Å²) >= 11 is 1.62. The molecule has 136 valence electrons. The van der Waals surface area contributed by atoms with Crippen LogP contribution in [0.15, 0.2) is 58.7 Å². The first kappa shape index (κ1) is 17.5. The van der Waals surface area contributed by atoms with Crippen LogP contribution in [0, 0.1) is 20.8 Å². The van der Waals surface area contributed by atoms with E-state index < -0.39 is 0 Å². The topological polar surface area (TPSA) is 63.6 Å². The fourth-order valence-electron chi connectivity index (χ4n) is 3.01. The third-order valence-corrected chi connectivity index (χ3v) is 5.56. The highest BCUT2D eigenvalue weighted by molar-refractivity contribution is 7.98. The molecule has 0 fully saturated rings. The van der Waals surface area contributed by atoms with Crippen molar-refractivity contribution in [1.82, 2.24) is 19.5 Å². The lowest BCUT2D eigenvalue weighted by atomic mass is 10.1. The summed E-state index contributed by atoms with van der Waals surface area (Å²) in [5, 5.41) is 0.763. The van der Waals surface area contributed by atoms with Crippen LogP contribution in [0.4, 0.5) is 0 Å². The molecule has 0 saturated heterocycles. The van der Waals surface area contributed by atoms with E-state index in [4.69, 9.17) is 0 Å². The third-order valence-electron chi connectivity index (χ3n) is 4.57. The van der Waals surface area contributed by atoms with Crippen LogP contribution in [0.5, 0.6) is 0 Å². The van der Waals surface area contributed by atoms with Crippen molar-refractivity contribution >= 4 is 22.9 Å². The number of thioether (sulfide) groups is 1. The van der Waals surface area contributed by atoms with Gasteiger partial charge in [-0.2, -0.15) is 0 Å². The van der Waals surface area contributed by atoms with Crippen molar-refractivity contribution in [3.8, 4) is 5.69 Å². The number of imidazole rings is 1. The molecule has 0 saturated carbocycles. The lowest BCUT2D eigenvalue weighted by Crippen LogP contribution is -2.07. The average Bonchev–Trinajstić information content (AvgIpc) is 3.03. The number of aromatic amines is 1. The van der Waals surface area contributed by atoms with E-state index >= 15 is 0 Å².